The number of methoxy groups -OCH3 is 1. The fraction of sp³-hybridized carbons (Fsp3) is 0.705. The van der Waals surface area contributed by atoms with E-state index >= 15 is 17.6 Å². The SMILES string of the molecule is CO[C@H]1O[C@@H]2COC(c3ccccc3)O[C@H]2[C@H](OC(=S)N(CCCC(F)(F)C(F)(F)C(F)(F)C(F)(F)C(F)(F)C(F)(F)C(F)(F)C(F)(F)F)CCCC(F)(F)C(F)(F)C(F)(F)C(F)(F)C(F)(F)C(F)(F)C(F)(F)C(F)(F)F)[C@H]1OCc1ccccc1. The molecule has 6 atom stereocenters. The molecule has 0 spiro atoms. The fourth-order valence-electron chi connectivity index (χ4n) is 7.77. The summed E-state index contributed by atoms with van der Waals surface area (Å²) in [5.74, 6) is -120. The number of hydrogen-bond donors (Lipinski definition) is 0. The Kier molecular flexibility index (Phi) is 20.7. The number of ether oxygens (including phenoxy) is 6. The highest BCUT2D eigenvalue weighted by Gasteiger charge is 2.97. The van der Waals surface area contributed by atoms with Gasteiger partial charge in [0.25, 0.3) is 5.17 Å². The van der Waals surface area contributed by atoms with E-state index in [0.29, 0.717) is 0 Å². The molecule has 2 saturated heterocycles. The Morgan fingerprint density at radius 3 is 1.17 bits per heavy atom. The third-order valence-electron chi connectivity index (χ3n) is 12.8. The highest BCUT2D eigenvalue weighted by atomic mass is 32.1. The molecule has 0 N–H and O–H groups in total. The van der Waals surface area contributed by atoms with Gasteiger partial charge in [-0.05, 0) is 30.6 Å². The zero-order valence-electron chi connectivity index (χ0n) is 41.6. The number of benzene rings is 2. The molecule has 86 heavy (non-hydrogen) atoms. The van der Waals surface area contributed by atoms with Gasteiger partial charge in [-0.3, -0.25) is 0 Å². The Labute approximate surface area is 463 Å². The summed E-state index contributed by atoms with van der Waals surface area (Å²) < 4.78 is 511. The number of halogens is 34. The lowest BCUT2D eigenvalue weighted by molar-refractivity contribution is -0.461. The predicted molar refractivity (Wildman–Crippen MR) is 220 cm³/mol. The monoisotopic (exact) mass is 1350 g/mol. The van der Waals surface area contributed by atoms with Crippen molar-refractivity contribution in [2.75, 3.05) is 26.8 Å². The van der Waals surface area contributed by atoms with Gasteiger partial charge < -0.3 is 33.3 Å². The smallest absolute Gasteiger partial charge is 0.460 e. The van der Waals surface area contributed by atoms with E-state index in [1.54, 1.807) is 0 Å². The van der Waals surface area contributed by atoms with Gasteiger partial charge in [-0.2, -0.15) is 149 Å². The van der Waals surface area contributed by atoms with Crippen LogP contribution >= 0.6 is 12.2 Å². The number of hydrogen-bond acceptors (Lipinski definition) is 7. The average Bonchev–Trinajstić information content (AvgIpc) is 0.712. The fourth-order valence-corrected chi connectivity index (χ4v) is 8.06. The van der Waals surface area contributed by atoms with Crippen LogP contribution in [-0.2, 0) is 35.0 Å². The first-order valence-corrected chi connectivity index (χ1v) is 23.4. The molecule has 42 heteroatoms. The zero-order chi connectivity index (χ0) is 66.7. The molecular weight excluding hydrogens is 1320 g/mol. The van der Waals surface area contributed by atoms with E-state index in [0.717, 1.165) is 7.11 Å². The summed E-state index contributed by atoms with van der Waals surface area (Å²) in [6.07, 6.45) is -38.1. The van der Waals surface area contributed by atoms with Crippen LogP contribution in [0.4, 0.5) is 149 Å². The largest absolute Gasteiger partial charge is 0.462 e. The Morgan fingerprint density at radius 1 is 0.465 bits per heavy atom. The van der Waals surface area contributed by atoms with E-state index in [-0.39, 0.29) is 16.0 Å². The first kappa shape index (κ1) is 74.0. The lowest BCUT2D eigenvalue weighted by Crippen LogP contribution is -2.74. The van der Waals surface area contributed by atoms with Crippen molar-refractivity contribution in [2.45, 2.75) is 165 Å². The van der Waals surface area contributed by atoms with Crippen LogP contribution in [0, 0.1) is 0 Å². The van der Waals surface area contributed by atoms with Gasteiger partial charge in [0.15, 0.2) is 18.7 Å². The highest BCUT2D eigenvalue weighted by molar-refractivity contribution is 7.80. The van der Waals surface area contributed by atoms with Gasteiger partial charge in [0.05, 0.1) is 13.2 Å². The maximum atomic E-state index is 15.1. The van der Waals surface area contributed by atoms with Crippen molar-refractivity contribution in [2.24, 2.45) is 0 Å². The minimum Gasteiger partial charge on any atom is -0.462 e. The summed E-state index contributed by atoms with van der Waals surface area (Å²) in [5.41, 5.74) is 0.415. The normalized spacial score (nSPS) is 21.9. The van der Waals surface area contributed by atoms with E-state index in [9.17, 15) is 132 Å². The van der Waals surface area contributed by atoms with Crippen LogP contribution in [-0.4, -0.2) is 163 Å². The number of alkyl halides is 34. The summed E-state index contributed by atoms with van der Waals surface area (Å²) in [6, 6.07) is 14.1. The molecule has 0 aromatic heterocycles. The molecule has 2 aromatic rings. The molecule has 4 rings (SSSR count). The van der Waals surface area contributed by atoms with Gasteiger partial charge in [-0.1, -0.05) is 60.7 Å². The Balaban J connectivity index is 1.79. The summed E-state index contributed by atoms with van der Waals surface area (Å²) in [5, 5.41) is -1.64. The Bertz CT molecular complexity index is 2480. The molecule has 1 unspecified atom stereocenters. The second kappa shape index (κ2) is 24.1. The molecule has 496 valence electrons. The summed E-state index contributed by atoms with van der Waals surface area (Å²) in [4.78, 5) is -0.270. The molecule has 2 heterocycles. The minimum atomic E-state index is -9.09. The van der Waals surface area contributed by atoms with Crippen molar-refractivity contribution >= 4 is 17.4 Å². The van der Waals surface area contributed by atoms with Crippen molar-refractivity contribution in [1.29, 1.82) is 0 Å². The third kappa shape index (κ3) is 12.3. The molecule has 7 nitrogen and oxygen atoms in total. The van der Waals surface area contributed by atoms with Crippen molar-refractivity contribution in [3.05, 3.63) is 71.8 Å². The molecule has 2 aliphatic rings. The van der Waals surface area contributed by atoms with Crippen LogP contribution in [0.25, 0.3) is 0 Å². The summed E-state index contributed by atoms with van der Waals surface area (Å²) >= 11 is 5.00. The number of thiocarbonyl (C=S) groups is 1. The topological polar surface area (TPSA) is 58.6 Å². The molecule has 0 saturated carbocycles. The Morgan fingerprint density at radius 2 is 0.814 bits per heavy atom. The standard InChI is InChI=1S/C44H35F34NO6S/c1-80-27-25(81-18-20-10-4-2-5-11-20)24(23-22(83-27)19-82-26(84-23)21-12-6-3-7-13-21)85-28(86)79(16-8-14-29(45,46)31(49,50)33(53,54)35(57,58)37(61,62)39(65,66)41(69,70)43(73,74)75)17-9-15-30(47,48)32(51,52)34(55,56)36(59,60)38(63,64)40(67,68)42(71,72)44(76,77)78/h2-7,10-13,22-27H,8-9,14-19H2,1H3/t22-,23-,24+,25-,26?,27+/m1/s1. The zero-order valence-corrected chi connectivity index (χ0v) is 42.4. The number of fused-ring (bicyclic) bond motifs is 1. The van der Waals surface area contributed by atoms with Gasteiger partial charge in [-0.15, -0.1) is 0 Å². The van der Waals surface area contributed by atoms with E-state index in [1.165, 1.54) is 60.7 Å². The summed E-state index contributed by atoms with van der Waals surface area (Å²) in [6.45, 7) is -5.22. The van der Waals surface area contributed by atoms with Crippen molar-refractivity contribution < 1.29 is 178 Å². The van der Waals surface area contributed by atoms with Crippen LogP contribution in [0.1, 0.15) is 43.1 Å². The molecule has 0 aliphatic carbocycles. The van der Waals surface area contributed by atoms with Crippen LogP contribution in [0.2, 0.25) is 0 Å². The molecule has 2 fully saturated rings. The quantitative estimate of drug-likeness (QED) is 0.0682. The van der Waals surface area contributed by atoms with Crippen LogP contribution < -0.4 is 0 Å². The molecule has 0 amide bonds. The van der Waals surface area contributed by atoms with Gasteiger partial charge in [0, 0.05) is 38.6 Å². The Hall–Kier alpha value is -4.45. The molecule has 0 radical (unpaired) electrons. The van der Waals surface area contributed by atoms with Gasteiger partial charge >= 0.3 is 95.3 Å². The average molecular weight is 1350 g/mol. The van der Waals surface area contributed by atoms with Gasteiger partial charge in [-0.25, -0.2) is 0 Å². The molecule has 0 bridgehead atoms. The van der Waals surface area contributed by atoms with Crippen molar-refractivity contribution in [3.8, 4) is 0 Å². The first-order chi connectivity index (χ1) is 38.4. The second-order valence-electron chi connectivity index (χ2n) is 18.6. The molecule has 2 aromatic carbocycles. The maximum absolute atomic E-state index is 15.1. The third-order valence-corrected chi connectivity index (χ3v) is 13.1. The molecule has 2 aliphatic heterocycles. The van der Waals surface area contributed by atoms with E-state index < -0.39 is 189 Å². The number of nitrogens with zero attached hydrogens (tertiary/aromatic N) is 1. The van der Waals surface area contributed by atoms with Crippen LogP contribution in [0.15, 0.2) is 60.7 Å². The van der Waals surface area contributed by atoms with E-state index in [4.69, 9.17) is 40.6 Å². The number of rotatable bonds is 26. The second-order valence-corrected chi connectivity index (χ2v) is 18.9. The summed E-state index contributed by atoms with van der Waals surface area (Å²) in [7, 11) is 0.891. The van der Waals surface area contributed by atoms with Crippen molar-refractivity contribution in [1.82, 2.24) is 4.90 Å². The highest BCUT2D eigenvalue weighted by Crippen LogP contribution is 2.66. The lowest BCUT2D eigenvalue weighted by atomic mass is 9.88. The lowest BCUT2D eigenvalue weighted by Gasteiger charge is -2.49. The van der Waals surface area contributed by atoms with Crippen LogP contribution in [0.5, 0.6) is 0 Å². The maximum Gasteiger partial charge on any atom is 0.460 e. The van der Waals surface area contributed by atoms with E-state index in [2.05, 4.69) is 0 Å². The van der Waals surface area contributed by atoms with Crippen molar-refractivity contribution in [3.63, 3.8) is 0 Å². The first-order valence-electron chi connectivity index (χ1n) is 23.0. The predicted octanol–water partition coefficient (Wildman–Crippen LogP) is 15.6. The van der Waals surface area contributed by atoms with Crippen LogP contribution in [0.3, 0.4) is 0 Å². The van der Waals surface area contributed by atoms with Gasteiger partial charge in [0.1, 0.15) is 18.3 Å². The van der Waals surface area contributed by atoms with E-state index in [1.807, 2.05) is 0 Å². The molecular formula is C44H35F34NO6S. The minimum absolute atomic E-state index is 0.153. The van der Waals surface area contributed by atoms with Gasteiger partial charge in [0.2, 0.25) is 0 Å².